The van der Waals surface area contributed by atoms with Gasteiger partial charge in [-0.3, -0.25) is 19.5 Å². The van der Waals surface area contributed by atoms with Crippen LogP contribution in [-0.2, 0) is 79.2 Å². The number of H-pyrrole nitrogens is 1. The van der Waals surface area contributed by atoms with E-state index < -0.39 is 57.9 Å². The number of primary amides is 1. The molecule has 6 N–H and O–H groups in total. The molecule has 2 aliphatic heterocycles. The second-order valence-electron chi connectivity index (χ2n) is 47.1. The fourth-order valence-corrected chi connectivity index (χ4v) is 24.2. The molecule has 10 aromatic rings. The average Bonchev–Trinajstić information content (AvgIpc) is 1.60. The molecular formula is C111H176ClN19O11Si5. The Balaban J connectivity index is 0.000000168. The Labute approximate surface area is 885 Å². The summed E-state index contributed by atoms with van der Waals surface area (Å²) < 4.78 is 51.3. The minimum atomic E-state index is -1.08. The van der Waals surface area contributed by atoms with E-state index in [1.54, 1.807) is 6.20 Å². The number of nitrogens with two attached hydrogens (primary N) is 1. The van der Waals surface area contributed by atoms with E-state index in [1.165, 1.54) is 49.9 Å². The van der Waals surface area contributed by atoms with Gasteiger partial charge in [0.2, 0.25) is 11.8 Å². The average molecular weight is 2130 g/mol. The summed E-state index contributed by atoms with van der Waals surface area (Å²) in [6.45, 7) is 49.8. The molecule has 36 heteroatoms. The number of anilines is 5. The predicted molar refractivity (Wildman–Crippen MR) is 612 cm³/mol. The van der Waals surface area contributed by atoms with Crippen molar-refractivity contribution in [1.82, 2.24) is 54.2 Å². The van der Waals surface area contributed by atoms with Gasteiger partial charge in [-0.25, -0.2) is 18.7 Å². The van der Waals surface area contributed by atoms with Gasteiger partial charge in [-0.15, -0.1) is 0 Å². The third-order valence-electron chi connectivity index (χ3n) is 29.2. The minimum absolute atomic E-state index is 0.248. The molecule has 0 bridgehead atoms. The normalized spacial score (nSPS) is 17.6. The number of nitrogens with zero attached hydrogens (tertiary/aromatic N) is 14. The van der Waals surface area contributed by atoms with Crippen molar-refractivity contribution in [3.63, 3.8) is 0 Å². The van der Waals surface area contributed by atoms with E-state index in [0.29, 0.717) is 71.7 Å². The highest BCUT2D eigenvalue weighted by atomic mass is 35.5. The zero-order valence-corrected chi connectivity index (χ0v) is 98.1. The first-order chi connectivity index (χ1) is 70.1. The van der Waals surface area contributed by atoms with Gasteiger partial charge in [-0.05, 0) is 206 Å². The maximum atomic E-state index is 13.0. The molecule has 2 amide bonds. The number of hydrogen-bond acceptors (Lipinski definition) is 23. The largest absolute Gasteiger partial charge is 0.371 e. The van der Waals surface area contributed by atoms with Crippen molar-refractivity contribution in [2.45, 2.75) is 377 Å². The van der Waals surface area contributed by atoms with E-state index in [-0.39, 0.29) is 28.4 Å². The van der Waals surface area contributed by atoms with Crippen molar-refractivity contribution >= 4 is 153 Å². The van der Waals surface area contributed by atoms with E-state index in [4.69, 9.17) is 55.2 Å². The number of halogens is 1. The summed E-state index contributed by atoms with van der Waals surface area (Å²) in [6, 6.07) is 42.5. The van der Waals surface area contributed by atoms with Crippen LogP contribution in [0, 0.1) is 22.7 Å². The molecule has 0 radical (unpaired) electrons. The number of ether oxygens (including phenoxy) is 8. The number of Topliss-reactive ketones (excluding diaryl/α,β-unsaturated/α-hetero) is 1. The lowest BCUT2D eigenvalue weighted by Gasteiger charge is -2.41. The summed E-state index contributed by atoms with van der Waals surface area (Å²) in [6.07, 6.45) is 36.6. The number of hydrogen-bond donors (Lipinski definition) is 5. The lowest BCUT2D eigenvalue weighted by molar-refractivity contribution is -0.282. The zero-order chi connectivity index (χ0) is 106. The lowest BCUT2D eigenvalue weighted by Crippen LogP contribution is -2.51. The molecule has 2 spiro atoms. The molecule has 0 unspecified atom stereocenters. The molecule has 147 heavy (non-hydrogen) atoms. The van der Waals surface area contributed by atoms with Crippen molar-refractivity contribution in [2.24, 2.45) is 5.73 Å². The van der Waals surface area contributed by atoms with E-state index >= 15 is 0 Å². The van der Waals surface area contributed by atoms with Gasteiger partial charge in [0.05, 0.1) is 82.9 Å². The van der Waals surface area contributed by atoms with Crippen LogP contribution in [0.25, 0.3) is 54.5 Å². The monoisotopic (exact) mass is 2130 g/mol. The van der Waals surface area contributed by atoms with Gasteiger partial charge in [-0.2, -0.15) is 36.0 Å². The van der Waals surface area contributed by atoms with E-state index in [0.717, 1.165) is 263 Å². The number of aromatic amines is 1. The number of nitriles is 2. The van der Waals surface area contributed by atoms with Crippen LogP contribution in [-0.4, -0.2) is 226 Å². The van der Waals surface area contributed by atoms with E-state index in [9.17, 15) is 24.9 Å². The van der Waals surface area contributed by atoms with E-state index in [2.05, 4.69) is 221 Å². The number of alkyl halides is 1. The molecule has 5 saturated carbocycles. The molecule has 7 heterocycles. The van der Waals surface area contributed by atoms with Gasteiger partial charge < -0.3 is 74.3 Å². The van der Waals surface area contributed by atoms with Crippen LogP contribution in [0.5, 0.6) is 0 Å². The zero-order valence-electron chi connectivity index (χ0n) is 92.4. The molecule has 5 aromatic heterocycles. The maximum absolute atomic E-state index is 13.0. The number of carbonyl (C=O) groups excluding carboxylic acids is 3. The summed E-state index contributed by atoms with van der Waals surface area (Å²) in [5, 5.41) is 59.8. The number of fused-ring (bicyclic) bond motifs is 5. The summed E-state index contributed by atoms with van der Waals surface area (Å²) in [4.78, 5) is 44.4. The Morgan fingerprint density at radius 2 is 0.762 bits per heavy atom. The third kappa shape index (κ3) is 35.1. The van der Waals surface area contributed by atoms with Gasteiger partial charge in [0, 0.05) is 169 Å². The van der Waals surface area contributed by atoms with Gasteiger partial charge in [0.25, 0.3) is 6.48 Å². The minimum Gasteiger partial charge on any atom is -0.371 e. The number of nitrogens with one attached hydrogen (secondary N) is 4. The number of benzene rings is 5. The molecule has 808 valence electrons. The Kier molecular flexibility index (Phi) is 44.6. The van der Waals surface area contributed by atoms with Crippen LogP contribution in [0.15, 0.2) is 122 Å². The molecule has 2 saturated heterocycles. The Morgan fingerprint density at radius 1 is 0.429 bits per heavy atom. The van der Waals surface area contributed by atoms with E-state index in [1.807, 2.05) is 113 Å². The van der Waals surface area contributed by atoms with Crippen molar-refractivity contribution in [3.05, 3.63) is 122 Å². The molecule has 0 atom stereocenters. The fraction of sp³-hybridized carbons (Fsp3) is 0.640. The maximum Gasteiger partial charge on any atom is 0.271 e. The molecular weight excluding hydrogens is 1950 g/mol. The van der Waals surface area contributed by atoms with Crippen molar-refractivity contribution in [3.8, 4) is 12.1 Å². The van der Waals surface area contributed by atoms with Gasteiger partial charge in [0.1, 0.15) is 55.1 Å². The first kappa shape index (κ1) is 118. The van der Waals surface area contributed by atoms with Crippen LogP contribution in [0.3, 0.4) is 0 Å². The molecule has 17 rings (SSSR count). The lowest BCUT2D eigenvalue weighted by atomic mass is 9.78. The summed E-state index contributed by atoms with van der Waals surface area (Å²) in [5.41, 5.74) is 14.2. The standard InChI is InChI=1S/C22H34N4O2Si.C22H33N3O2Si.C20H32N4O2Si.C20H30N4OSi.C14H16N4.C7H16O3.C6H15ClOSi/c1-24-16-25(22(21(24)27)10-6-5-7-11-22)19-8-9-20-18(14-19)15-23-26(20)17-28-12-13-29(2,3)4;1-28(2,3)14-13-27-17-25-20-8-7-19(15-18(20)16-23-25)24-12-9-21(26)22(24)10-5-4-6-11-22;1-27(2,3)12-11-26-15-24-18-8-7-17(13-16(18)14-22-24)23-20(19(21)25)9-5-4-6-10-20;1-26(2,3)12-11-25-16-24-19-8-7-18(13-17(19)14-22-24)23-20(15-21)9-5-4-6-10-20;15-10-14(6-2-1-3-7-14)17-12-4-5-13-11(8-12)9-16-18-13;1-4-8-7(9-5-2)10-6-3;1-9(2,3)5-4-8-6-7/h8-9,14-15H,5-7,10-13,16-17H2,1-4H3;7-8,15-16H,4-6,9-14,17H2,1-3H3;7-8,13-14,23H,4-6,9-12,15H2,1-3H3,(H2,21,25);7-8,13-14,23H,4-6,9-12,16H2,1-3H3;4-5,8-9,17H,1-3,6-7H2,(H,16,18);7H,4-6H2,1-3H3;4-6H2,1-3H3. The summed E-state index contributed by atoms with van der Waals surface area (Å²) in [7, 11) is -3.24. The SMILES string of the molecule is CCOC(OCC)OCC.CN1CN(c2ccc3c(cnn3COCC[Si](C)(C)C)c2)C2(CCCCC2)C1=O.C[Si](C)(C)CCOCCl.C[Si](C)(C)CCOCn1ncc2cc(N3CCC(=O)C34CCCCC4)ccc21.C[Si](C)(C)CCOCn1ncc2cc(NC3(C#N)CCCCC3)ccc21.C[Si](C)(C)CCOCn1ncc2cc(NC3(C(N)=O)CCCCC3)ccc21.N#CC1(Nc2ccc3[nH]ncc3c2)CCCCC1. The molecule has 30 nitrogen and oxygen atoms in total. The number of rotatable bonds is 39. The van der Waals surface area contributed by atoms with Gasteiger partial charge in [0.15, 0.2) is 5.78 Å². The summed E-state index contributed by atoms with van der Waals surface area (Å²) >= 11 is 5.32. The van der Waals surface area contributed by atoms with Crippen LogP contribution in [0.1, 0.15) is 188 Å². The number of likely N-dealkylation sites (N-methyl/N-ethyl adjacent to an activating group) is 1. The molecule has 7 aliphatic rings. The second-order valence-corrected chi connectivity index (χ2v) is 75.5. The highest BCUT2D eigenvalue weighted by Gasteiger charge is 2.52. The topological polar surface area (TPSA) is 344 Å². The molecule has 7 fully saturated rings. The third-order valence-corrected chi connectivity index (χ3v) is 37.8. The second kappa shape index (κ2) is 55.4. The molecule has 5 aliphatic carbocycles. The summed E-state index contributed by atoms with van der Waals surface area (Å²) in [5.74, 6) is 0.469. The van der Waals surface area contributed by atoms with Gasteiger partial charge >= 0.3 is 0 Å². The number of carbonyl (C=O) groups is 3. The van der Waals surface area contributed by atoms with Gasteiger partial charge in [-0.1, -0.05) is 206 Å². The number of aromatic nitrogens is 10. The quantitative estimate of drug-likeness (QED) is 0.0103. The van der Waals surface area contributed by atoms with Crippen molar-refractivity contribution < 1.29 is 52.3 Å². The van der Waals surface area contributed by atoms with Crippen molar-refractivity contribution in [2.75, 3.05) is 105 Å². The first-order valence-corrected chi connectivity index (χ1v) is 73.5. The molecule has 5 aromatic carbocycles. The predicted octanol–water partition coefficient (Wildman–Crippen LogP) is 25.2. The fourth-order valence-electron chi connectivity index (χ4n) is 20.3. The smallest absolute Gasteiger partial charge is 0.271 e. The van der Waals surface area contributed by atoms with Crippen LogP contribution >= 0.6 is 11.6 Å². The van der Waals surface area contributed by atoms with Crippen LogP contribution in [0.4, 0.5) is 28.4 Å². The highest BCUT2D eigenvalue weighted by Crippen LogP contribution is 2.46. The number of ketones is 1. The van der Waals surface area contributed by atoms with Crippen LogP contribution in [0.2, 0.25) is 128 Å². The van der Waals surface area contributed by atoms with Crippen molar-refractivity contribution in [1.29, 1.82) is 10.5 Å². The Morgan fingerprint density at radius 3 is 1.13 bits per heavy atom. The first-order valence-electron chi connectivity index (χ1n) is 54.5. The Bertz CT molecular complexity index is 5820. The Hall–Kier alpha value is -8.91. The number of amides is 2. The van der Waals surface area contributed by atoms with Crippen LogP contribution < -0.4 is 31.5 Å². The highest BCUT2D eigenvalue weighted by molar-refractivity contribution is 6.77.